The van der Waals surface area contributed by atoms with Crippen LogP contribution < -0.4 is 0 Å². The van der Waals surface area contributed by atoms with Gasteiger partial charge >= 0.3 is 0 Å². The molecule has 0 aliphatic heterocycles. The molecule has 2 aromatic heterocycles. The van der Waals surface area contributed by atoms with E-state index in [0.717, 1.165) is 24.1 Å². The first-order chi connectivity index (χ1) is 5.92. The van der Waals surface area contributed by atoms with Crippen molar-refractivity contribution in [1.29, 1.82) is 0 Å². The van der Waals surface area contributed by atoms with Crippen LogP contribution in [0.3, 0.4) is 0 Å². The summed E-state index contributed by atoms with van der Waals surface area (Å²) < 4.78 is 5.19. The Bertz CT molecular complexity index is 364. The number of hydrogen-bond acceptors (Lipinski definition) is 4. The number of rotatable bonds is 3. The van der Waals surface area contributed by atoms with E-state index in [2.05, 4.69) is 21.9 Å². The highest BCUT2D eigenvalue weighted by Crippen LogP contribution is 2.27. The van der Waals surface area contributed by atoms with Crippen molar-refractivity contribution in [3.05, 3.63) is 17.9 Å². The van der Waals surface area contributed by atoms with Gasteiger partial charge in [-0.1, -0.05) is 17.8 Å². The van der Waals surface area contributed by atoms with Crippen LogP contribution in [0, 0.1) is 6.92 Å². The van der Waals surface area contributed by atoms with Crippen molar-refractivity contribution < 1.29 is 0 Å². The Morgan fingerprint density at radius 3 is 3.25 bits per heavy atom. The molecular weight excluding hydrogens is 188 g/mol. The van der Waals surface area contributed by atoms with E-state index in [-0.39, 0.29) is 0 Å². The minimum absolute atomic E-state index is 1.00. The zero-order valence-corrected chi connectivity index (χ0v) is 8.25. The summed E-state index contributed by atoms with van der Waals surface area (Å²) in [5.41, 5.74) is 1.40. The van der Waals surface area contributed by atoms with Crippen molar-refractivity contribution in [2.45, 2.75) is 19.3 Å². The highest BCUT2D eigenvalue weighted by atomic mass is 32.1. The average Bonchev–Trinajstić information content (AvgIpc) is 2.62. The fourth-order valence-corrected chi connectivity index (χ4v) is 2.92. The predicted molar refractivity (Wildman–Crippen MR) is 53.6 cm³/mol. The maximum atomic E-state index is 4.02. The van der Waals surface area contributed by atoms with E-state index in [9.17, 15) is 0 Å². The first-order valence-corrected chi connectivity index (χ1v) is 5.55. The average molecular weight is 197 g/mol. The Morgan fingerprint density at radius 1 is 1.50 bits per heavy atom. The molecule has 0 atom stereocenters. The van der Waals surface area contributed by atoms with Crippen LogP contribution in [0.25, 0.3) is 9.53 Å². The molecule has 2 aromatic rings. The van der Waals surface area contributed by atoms with Gasteiger partial charge in [-0.25, -0.2) is 0 Å². The molecule has 0 aromatic carbocycles. The normalized spacial score (nSPS) is 11.1. The minimum Gasteiger partial charge on any atom is -0.127 e. The highest BCUT2D eigenvalue weighted by molar-refractivity contribution is 7.23. The van der Waals surface area contributed by atoms with Crippen LogP contribution in [0.1, 0.15) is 18.4 Å². The van der Waals surface area contributed by atoms with Gasteiger partial charge in [0, 0.05) is 0 Å². The zero-order valence-electron chi connectivity index (χ0n) is 6.62. The SMILES string of the molecule is [CH2]CCCc1csc2nnsc12. The van der Waals surface area contributed by atoms with E-state index < -0.39 is 0 Å². The summed E-state index contributed by atoms with van der Waals surface area (Å²) in [5, 5.41) is 6.20. The molecule has 4 heteroatoms. The quantitative estimate of drug-likeness (QED) is 0.756. The molecule has 12 heavy (non-hydrogen) atoms. The molecule has 0 spiro atoms. The summed E-state index contributed by atoms with van der Waals surface area (Å²) >= 11 is 3.19. The maximum Gasteiger partial charge on any atom is 0.158 e. The zero-order chi connectivity index (χ0) is 8.39. The summed E-state index contributed by atoms with van der Waals surface area (Å²) in [4.78, 5) is 1.08. The second-order valence-electron chi connectivity index (χ2n) is 2.63. The van der Waals surface area contributed by atoms with E-state index >= 15 is 0 Å². The third kappa shape index (κ3) is 1.36. The van der Waals surface area contributed by atoms with Gasteiger partial charge in [-0.15, -0.1) is 16.4 Å². The van der Waals surface area contributed by atoms with Crippen molar-refractivity contribution in [2.75, 3.05) is 0 Å². The third-order valence-electron chi connectivity index (χ3n) is 1.76. The van der Waals surface area contributed by atoms with Crippen LogP contribution in [0.4, 0.5) is 0 Å². The molecule has 0 aliphatic rings. The van der Waals surface area contributed by atoms with E-state index in [1.807, 2.05) is 0 Å². The smallest absolute Gasteiger partial charge is 0.127 e. The Balaban J connectivity index is 2.28. The predicted octanol–water partition coefficient (Wildman–Crippen LogP) is 2.91. The van der Waals surface area contributed by atoms with Gasteiger partial charge in [0.1, 0.15) is 0 Å². The first-order valence-electron chi connectivity index (χ1n) is 3.89. The standard InChI is InChI=1S/C8H9N2S2/c1-2-3-4-6-5-11-8-7(6)12-10-9-8/h5H,1-4H2. The third-order valence-corrected chi connectivity index (χ3v) is 3.60. The second-order valence-corrected chi connectivity index (χ2v) is 4.24. The number of aryl methyl sites for hydroxylation is 1. The van der Waals surface area contributed by atoms with Crippen molar-refractivity contribution in [3.63, 3.8) is 0 Å². The van der Waals surface area contributed by atoms with Gasteiger partial charge in [0.05, 0.1) is 4.70 Å². The fourth-order valence-electron chi connectivity index (χ4n) is 1.12. The monoisotopic (exact) mass is 197 g/mol. The molecule has 0 bridgehead atoms. The van der Waals surface area contributed by atoms with Crippen LogP contribution in [0.2, 0.25) is 0 Å². The lowest BCUT2D eigenvalue weighted by molar-refractivity contribution is 0.849. The molecule has 0 N–H and O–H groups in total. The number of thiophene rings is 1. The molecule has 2 nitrogen and oxygen atoms in total. The van der Waals surface area contributed by atoms with Crippen LogP contribution in [0.5, 0.6) is 0 Å². The van der Waals surface area contributed by atoms with Crippen molar-refractivity contribution >= 4 is 32.4 Å². The summed E-state index contributed by atoms with van der Waals surface area (Å²) in [7, 11) is 0. The Kier molecular flexibility index (Phi) is 2.37. The number of unbranched alkanes of at least 4 members (excludes halogenated alkanes) is 1. The molecule has 63 valence electrons. The Morgan fingerprint density at radius 2 is 2.42 bits per heavy atom. The highest BCUT2D eigenvalue weighted by Gasteiger charge is 2.06. The minimum atomic E-state index is 1.00. The largest absolute Gasteiger partial charge is 0.158 e. The van der Waals surface area contributed by atoms with Crippen molar-refractivity contribution in [2.24, 2.45) is 0 Å². The van der Waals surface area contributed by atoms with Crippen LogP contribution in [-0.4, -0.2) is 9.59 Å². The molecule has 0 saturated heterocycles. The number of hydrogen-bond donors (Lipinski definition) is 0. The van der Waals surface area contributed by atoms with Gasteiger partial charge in [0.2, 0.25) is 0 Å². The van der Waals surface area contributed by atoms with Crippen LogP contribution >= 0.6 is 22.9 Å². The topological polar surface area (TPSA) is 25.8 Å². The van der Waals surface area contributed by atoms with E-state index in [0.29, 0.717) is 0 Å². The van der Waals surface area contributed by atoms with E-state index in [4.69, 9.17) is 0 Å². The van der Waals surface area contributed by atoms with Gasteiger partial charge in [-0.3, -0.25) is 0 Å². The molecule has 0 saturated carbocycles. The van der Waals surface area contributed by atoms with Gasteiger partial charge in [-0.2, -0.15) is 0 Å². The Labute approximate surface area is 79.4 Å². The fraction of sp³-hybridized carbons (Fsp3) is 0.375. The Hall–Kier alpha value is -0.480. The van der Waals surface area contributed by atoms with E-state index in [1.54, 1.807) is 11.3 Å². The summed E-state index contributed by atoms with van der Waals surface area (Å²) in [6.45, 7) is 3.83. The van der Waals surface area contributed by atoms with Gasteiger partial charge in [0.25, 0.3) is 0 Å². The lowest BCUT2D eigenvalue weighted by Gasteiger charge is -1.92. The maximum absolute atomic E-state index is 4.02. The molecule has 1 radical (unpaired) electrons. The molecule has 0 unspecified atom stereocenters. The van der Waals surface area contributed by atoms with E-state index in [1.165, 1.54) is 21.8 Å². The number of nitrogens with zero attached hydrogens (tertiary/aromatic N) is 2. The van der Waals surface area contributed by atoms with Crippen molar-refractivity contribution in [1.82, 2.24) is 9.59 Å². The summed E-state index contributed by atoms with van der Waals surface area (Å²) in [5.74, 6) is 0. The summed E-state index contributed by atoms with van der Waals surface area (Å²) in [6, 6.07) is 0. The molecule has 0 amide bonds. The molecule has 0 aliphatic carbocycles. The van der Waals surface area contributed by atoms with Crippen LogP contribution in [-0.2, 0) is 6.42 Å². The second kappa shape index (κ2) is 3.49. The van der Waals surface area contributed by atoms with Crippen molar-refractivity contribution in [3.8, 4) is 0 Å². The van der Waals surface area contributed by atoms with Gasteiger partial charge in [-0.05, 0) is 35.3 Å². The molecule has 0 fully saturated rings. The van der Waals surface area contributed by atoms with Gasteiger partial charge < -0.3 is 0 Å². The lowest BCUT2D eigenvalue weighted by Crippen LogP contribution is -1.79. The molecule has 2 rings (SSSR count). The summed E-state index contributed by atoms with van der Waals surface area (Å²) in [6.07, 6.45) is 3.28. The number of aromatic nitrogens is 2. The van der Waals surface area contributed by atoms with Gasteiger partial charge in [0.15, 0.2) is 4.83 Å². The lowest BCUT2D eigenvalue weighted by atomic mass is 10.1. The number of fused-ring (bicyclic) bond motifs is 1. The van der Waals surface area contributed by atoms with Crippen LogP contribution in [0.15, 0.2) is 5.38 Å². The molecular formula is C8H9N2S2. The molecule has 2 heterocycles. The first kappa shape index (κ1) is 8.13.